The molecule has 10 heavy (non-hydrogen) atoms. The molecule has 1 unspecified atom stereocenters. The fourth-order valence-electron chi connectivity index (χ4n) is 0.732. The number of rotatable bonds is 1. The summed E-state index contributed by atoms with van der Waals surface area (Å²) in [5.74, 6) is 0. The molecule has 0 spiro atoms. The average Bonchev–Trinajstić information content (AvgIpc) is 2.05. The zero-order chi connectivity index (χ0) is 7.40. The molecule has 0 amide bonds. The summed E-state index contributed by atoms with van der Waals surface area (Å²) < 4.78 is 0. The molecule has 0 bridgehead atoms. The number of likely N-dealkylation sites (N-methyl/N-ethyl adjacent to an activating group) is 1. The molecule has 2 N–H and O–H groups in total. The summed E-state index contributed by atoms with van der Waals surface area (Å²) in [7, 11) is 1.85. The van der Waals surface area contributed by atoms with Crippen LogP contribution >= 0.6 is 0 Å². The van der Waals surface area contributed by atoms with Crippen LogP contribution in [-0.4, -0.2) is 13.2 Å². The molecular weight excluding hydrogens is 126 g/mol. The van der Waals surface area contributed by atoms with E-state index in [0.717, 1.165) is 0 Å². The van der Waals surface area contributed by atoms with Gasteiger partial charge in [0.2, 0.25) is 0 Å². The normalized spacial score (nSPS) is 22.8. The molecular formula is C7H9N3. The lowest BCUT2D eigenvalue weighted by Gasteiger charge is -2.14. The predicted octanol–water partition coefficient (Wildman–Crippen LogP) is 0.0988. The Morgan fingerprint density at radius 1 is 1.80 bits per heavy atom. The summed E-state index contributed by atoms with van der Waals surface area (Å²) in [5.41, 5.74) is 0.659. The van der Waals surface area contributed by atoms with Gasteiger partial charge in [-0.25, -0.2) is 0 Å². The maximum atomic E-state index is 8.42. The molecule has 1 rings (SSSR count). The Hall–Kier alpha value is -1.27. The van der Waals surface area contributed by atoms with Gasteiger partial charge in [0, 0.05) is 6.20 Å². The second-order valence-electron chi connectivity index (χ2n) is 2.00. The monoisotopic (exact) mass is 135 g/mol. The second kappa shape index (κ2) is 3.04. The third-order valence-corrected chi connectivity index (χ3v) is 1.33. The minimum absolute atomic E-state index is 0.164. The Morgan fingerprint density at radius 2 is 2.60 bits per heavy atom. The van der Waals surface area contributed by atoms with Crippen LogP contribution in [0.2, 0.25) is 0 Å². The average molecular weight is 135 g/mol. The number of nitriles is 1. The van der Waals surface area contributed by atoms with Gasteiger partial charge in [0.15, 0.2) is 0 Å². The van der Waals surface area contributed by atoms with Crippen LogP contribution in [0.3, 0.4) is 0 Å². The molecule has 52 valence electrons. The summed E-state index contributed by atoms with van der Waals surface area (Å²) in [6.45, 7) is 0. The highest BCUT2D eigenvalue weighted by Gasteiger charge is 2.02. The fourth-order valence-corrected chi connectivity index (χ4v) is 0.732. The first kappa shape index (κ1) is 6.84. The molecule has 0 radical (unpaired) electrons. The van der Waals surface area contributed by atoms with E-state index >= 15 is 0 Å². The number of hydrogen-bond acceptors (Lipinski definition) is 3. The van der Waals surface area contributed by atoms with Crippen molar-refractivity contribution in [3.05, 3.63) is 23.9 Å². The van der Waals surface area contributed by atoms with Crippen LogP contribution in [0, 0.1) is 11.3 Å². The number of nitrogens with zero attached hydrogens (tertiary/aromatic N) is 1. The standard InChI is InChI=1S/C7H9N3/c1-9-7-3-2-6(4-8)5-10-7/h2-3,5,7,9-10H,1H3. The van der Waals surface area contributed by atoms with Crippen molar-refractivity contribution in [3.63, 3.8) is 0 Å². The first-order valence-corrected chi connectivity index (χ1v) is 3.08. The number of nitrogens with one attached hydrogen (secondary N) is 2. The van der Waals surface area contributed by atoms with Gasteiger partial charge in [-0.1, -0.05) is 0 Å². The first-order valence-electron chi connectivity index (χ1n) is 3.08. The quantitative estimate of drug-likeness (QED) is 0.536. The molecule has 3 nitrogen and oxygen atoms in total. The predicted molar refractivity (Wildman–Crippen MR) is 38.8 cm³/mol. The number of dihydropyridines is 1. The zero-order valence-corrected chi connectivity index (χ0v) is 5.76. The van der Waals surface area contributed by atoms with E-state index in [9.17, 15) is 0 Å². The number of hydrogen-bond donors (Lipinski definition) is 2. The Bertz CT molecular complexity index is 209. The molecule has 0 aliphatic carbocycles. The fraction of sp³-hybridized carbons (Fsp3) is 0.286. The summed E-state index contributed by atoms with van der Waals surface area (Å²) in [5, 5.41) is 14.4. The molecule has 1 atom stereocenters. The Morgan fingerprint density at radius 3 is 3.00 bits per heavy atom. The molecule has 3 heteroatoms. The summed E-state index contributed by atoms with van der Waals surface area (Å²) in [4.78, 5) is 0. The maximum absolute atomic E-state index is 8.42. The third kappa shape index (κ3) is 1.36. The smallest absolute Gasteiger partial charge is 0.101 e. The highest BCUT2D eigenvalue weighted by atomic mass is 15.1. The highest BCUT2D eigenvalue weighted by molar-refractivity contribution is 5.35. The Kier molecular flexibility index (Phi) is 2.08. The van der Waals surface area contributed by atoms with E-state index in [-0.39, 0.29) is 6.17 Å². The summed E-state index contributed by atoms with van der Waals surface area (Å²) >= 11 is 0. The van der Waals surface area contributed by atoms with Gasteiger partial charge in [0.25, 0.3) is 0 Å². The SMILES string of the molecule is CNC1C=CC(C#N)=CN1. The Balaban J connectivity index is 2.57. The summed E-state index contributed by atoms with van der Waals surface area (Å²) in [6.07, 6.45) is 5.55. The molecule has 1 aliphatic rings. The van der Waals surface area contributed by atoms with Gasteiger partial charge >= 0.3 is 0 Å². The van der Waals surface area contributed by atoms with Gasteiger partial charge in [-0.15, -0.1) is 0 Å². The molecule has 0 aromatic carbocycles. The van der Waals surface area contributed by atoms with Crippen molar-refractivity contribution in [3.8, 4) is 6.07 Å². The van der Waals surface area contributed by atoms with Crippen LogP contribution in [0.5, 0.6) is 0 Å². The van der Waals surface area contributed by atoms with Gasteiger partial charge in [-0.2, -0.15) is 5.26 Å². The summed E-state index contributed by atoms with van der Waals surface area (Å²) in [6, 6.07) is 2.03. The van der Waals surface area contributed by atoms with E-state index in [4.69, 9.17) is 5.26 Å². The zero-order valence-electron chi connectivity index (χ0n) is 5.76. The van der Waals surface area contributed by atoms with Crippen LogP contribution in [0.15, 0.2) is 23.9 Å². The van der Waals surface area contributed by atoms with Gasteiger partial charge < -0.3 is 5.32 Å². The largest absolute Gasteiger partial charge is 0.371 e. The Labute approximate surface area is 60.0 Å². The number of allylic oxidation sites excluding steroid dienone is 2. The van der Waals surface area contributed by atoms with Crippen LogP contribution in [0.4, 0.5) is 0 Å². The lowest BCUT2D eigenvalue weighted by molar-refractivity contribution is 0.604. The van der Waals surface area contributed by atoms with E-state index in [0.29, 0.717) is 5.57 Å². The lowest BCUT2D eigenvalue weighted by Crippen LogP contribution is -2.36. The van der Waals surface area contributed by atoms with Gasteiger partial charge in [-0.05, 0) is 19.2 Å². The lowest BCUT2D eigenvalue weighted by atomic mass is 10.2. The molecule has 0 aromatic rings. The second-order valence-corrected chi connectivity index (χ2v) is 2.00. The molecule has 1 heterocycles. The van der Waals surface area contributed by atoms with Crippen LogP contribution in [0.25, 0.3) is 0 Å². The van der Waals surface area contributed by atoms with E-state index in [1.165, 1.54) is 0 Å². The van der Waals surface area contributed by atoms with Gasteiger partial charge in [-0.3, -0.25) is 5.32 Å². The molecule has 0 aromatic heterocycles. The molecule has 0 fully saturated rings. The van der Waals surface area contributed by atoms with Crippen LogP contribution in [0.1, 0.15) is 0 Å². The highest BCUT2D eigenvalue weighted by Crippen LogP contribution is 1.99. The van der Waals surface area contributed by atoms with E-state index in [1.54, 1.807) is 12.3 Å². The third-order valence-electron chi connectivity index (χ3n) is 1.33. The van der Waals surface area contributed by atoms with Crippen LogP contribution < -0.4 is 10.6 Å². The molecule has 0 saturated carbocycles. The van der Waals surface area contributed by atoms with E-state index < -0.39 is 0 Å². The van der Waals surface area contributed by atoms with Crippen molar-refractivity contribution in [1.82, 2.24) is 10.6 Å². The molecule has 0 saturated heterocycles. The van der Waals surface area contributed by atoms with Crippen molar-refractivity contribution in [1.29, 1.82) is 5.26 Å². The minimum atomic E-state index is 0.164. The van der Waals surface area contributed by atoms with Crippen molar-refractivity contribution < 1.29 is 0 Å². The first-order chi connectivity index (χ1) is 4.86. The maximum Gasteiger partial charge on any atom is 0.101 e. The van der Waals surface area contributed by atoms with E-state index in [1.807, 2.05) is 19.2 Å². The van der Waals surface area contributed by atoms with Crippen molar-refractivity contribution in [2.45, 2.75) is 6.17 Å². The van der Waals surface area contributed by atoms with Gasteiger partial charge in [0.05, 0.1) is 11.7 Å². The van der Waals surface area contributed by atoms with Gasteiger partial charge in [0.1, 0.15) is 6.07 Å². The van der Waals surface area contributed by atoms with Crippen molar-refractivity contribution in [2.24, 2.45) is 0 Å². The topological polar surface area (TPSA) is 47.9 Å². The van der Waals surface area contributed by atoms with Crippen molar-refractivity contribution in [2.75, 3.05) is 7.05 Å². The van der Waals surface area contributed by atoms with E-state index in [2.05, 4.69) is 10.6 Å². The van der Waals surface area contributed by atoms with Crippen molar-refractivity contribution >= 4 is 0 Å². The molecule has 1 aliphatic heterocycles. The minimum Gasteiger partial charge on any atom is -0.371 e. The van der Waals surface area contributed by atoms with Crippen LogP contribution in [-0.2, 0) is 0 Å².